The largest absolute Gasteiger partial charge is 0.399 e. The van der Waals surface area contributed by atoms with Crippen molar-refractivity contribution in [2.75, 3.05) is 11.1 Å². The quantitative estimate of drug-likeness (QED) is 0.739. The molecule has 0 aliphatic carbocycles. The minimum atomic E-state index is -0.292. The van der Waals surface area contributed by atoms with Gasteiger partial charge in [0.15, 0.2) is 0 Å². The predicted molar refractivity (Wildman–Crippen MR) is 67.9 cm³/mol. The zero-order valence-corrected chi connectivity index (χ0v) is 10.6. The van der Waals surface area contributed by atoms with Gasteiger partial charge in [0, 0.05) is 21.9 Å². The number of benzene rings is 1. The van der Waals surface area contributed by atoms with Gasteiger partial charge in [-0.1, -0.05) is 0 Å². The smallest absolute Gasteiger partial charge is 0.0531 e. The third-order valence-corrected chi connectivity index (χ3v) is 2.75. The van der Waals surface area contributed by atoms with E-state index >= 15 is 0 Å². The van der Waals surface area contributed by atoms with Gasteiger partial charge in [-0.15, -0.1) is 0 Å². The van der Waals surface area contributed by atoms with Crippen LogP contribution in [0.2, 0.25) is 0 Å². The summed E-state index contributed by atoms with van der Waals surface area (Å²) in [4.78, 5) is 0. The van der Waals surface area contributed by atoms with E-state index in [1.54, 1.807) is 6.92 Å². The molecule has 2 unspecified atom stereocenters. The summed E-state index contributed by atoms with van der Waals surface area (Å²) in [6.45, 7) is 3.83. The maximum atomic E-state index is 9.24. The molecule has 1 aromatic carbocycles. The van der Waals surface area contributed by atoms with E-state index in [2.05, 4.69) is 21.2 Å². The molecule has 0 spiro atoms. The lowest BCUT2D eigenvalue weighted by Crippen LogP contribution is -2.20. The fourth-order valence-electron chi connectivity index (χ4n) is 1.48. The summed E-state index contributed by atoms with van der Waals surface area (Å²) in [6.07, 6.45) is 0.427. The summed E-state index contributed by atoms with van der Waals surface area (Å²) in [7, 11) is 0. The van der Waals surface area contributed by atoms with Crippen LogP contribution in [0.25, 0.3) is 0 Å². The van der Waals surface area contributed by atoms with Gasteiger partial charge in [0.2, 0.25) is 0 Å². The molecule has 0 radical (unpaired) electrons. The Balaban J connectivity index is 2.64. The van der Waals surface area contributed by atoms with Crippen LogP contribution in [0.5, 0.6) is 0 Å². The molecule has 15 heavy (non-hydrogen) atoms. The molecule has 3 nitrogen and oxygen atoms in total. The molecule has 4 heteroatoms. The molecule has 1 rings (SSSR count). The van der Waals surface area contributed by atoms with Gasteiger partial charge in [0.25, 0.3) is 0 Å². The molecule has 0 amide bonds. The topological polar surface area (TPSA) is 58.3 Å². The van der Waals surface area contributed by atoms with Crippen LogP contribution in [0.3, 0.4) is 0 Å². The number of rotatable bonds is 4. The molecule has 0 aliphatic rings. The predicted octanol–water partition coefficient (Wildman–Crippen LogP) is 2.60. The monoisotopic (exact) mass is 272 g/mol. The minimum Gasteiger partial charge on any atom is -0.399 e. The number of nitrogen functional groups attached to an aromatic ring is 1. The maximum Gasteiger partial charge on any atom is 0.0531 e. The van der Waals surface area contributed by atoms with Crippen molar-refractivity contribution in [3.8, 4) is 0 Å². The first-order valence-electron chi connectivity index (χ1n) is 4.98. The molecular weight excluding hydrogens is 256 g/mol. The number of hydrogen-bond acceptors (Lipinski definition) is 3. The Kier molecular flexibility index (Phi) is 4.42. The van der Waals surface area contributed by atoms with E-state index in [0.717, 1.165) is 22.3 Å². The van der Waals surface area contributed by atoms with Crippen LogP contribution >= 0.6 is 15.9 Å². The highest BCUT2D eigenvalue weighted by Crippen LogP contribution is 2.25. The third-order valence-electron chi connectivity index (χ3n) is 2.09. The van der Waals surface area contributed by atoms with Crippen molar-refractivity contribution in [2.24, 2.45) is 0 Å². The number of nitrogens with two attached hydrogens (primary N) is 1. The van der Waals surface area contributed by atoms with Crippen LogP contribution in [-0.2, 0) is 0 Å². The highest BCUT2D eigenvalue weighted by molar-refractivity contribution is 9.10. The second-order valence-electron chi connectivity index (χ2n) is 3.87. The number of anilines is 2. The summed E-state index contributed by atoms with van der Waals surface area (Å²) in [5, 5.41) is 12.5. The van der Waals surface area contributed by atoms with Gasteiger partial charge in [-0.2, -0.15) is 0 Å². The molecule has 0 heterocycles. The first-order valence-corrected chi connectivity index (χ1v) is 5.78. The van der Waals surface area contributed by atoms with Gasteiger partial charge in [-0.3, -0.25) is 0 Å². The average Bonchev–Trinajstić information content (AvgIpc) is 2.08. The summed E-state index contributed by atoms with van der Waals surface area (Å²) in [5.74, 6) is 0. The zero-order chi connectivity index (χ0) is 11.4. The van der Waals surface area contributed by atoms with Gasteiger partial charge in [0.1, 0.15) is 0 Å². The summed E-state index contributed by atoms with van der Waals surface area (Å²) in [6, 6.07) is 5.86. The number of nitrogens with one attached hydrogen (secondary N) is 1. The standard InChI is InChI=1S/C11H17BrN2O/c1-7(5-8(2)15)14-11-4-3-9(13)6-10(11)12/h3-4,6-8,14-15H,5,13H2,1-2H3. The Morgan fingerprint density at radius 1 is 1.47 bits per heavy atom. The van der Waals surface area contributed by atoms with E-state index < -0.39 is 0 Å². The second kappa shape index (κ2) is 5.37. The highest BCUT2D eigenvalue weighted by atomic mass is 79.9. The van der Waals surface area contributed by atoms with Crippen molar-refractivity contribution in [1.82, 2.24) is 0 Å². The van der Waals surface area contributed by atoms with Crippen LogP contribution in [0.4, 0.5) is 11.4 Å². The highest BCUT2D eigenvalue weighted by Gasteiger charge is 2.07. The zero-order valence-electron chi connectivity index (χ0n) is 9.00. The van der Waals surface area contributed by atoms with E-state index in [4.69, 9.17) is 5.73 Å². The molecule has 0 bridgehead atoms. The first-order chi connectivity index (χ1) is 6.99. The van der Waals surface area contributed by atoms with Crippen molar-refractivity contribution >= 4 is 27.3 Å². The number of hydrogen-bond donors (Lipinski definition) is 3. The van der Waals surface area contributed by atoms with Crippen molar-refractivity contribution in [1.29, 1.82) is 0 Å². The van der Waals surface area contributed by atoms with Gasteiger partial charge in [-0.05, 0) is 54.4 Å². The van der Waals surface area contributed by atoms with Crippen LogP contribution in [-0.4, -0.2) is 17.3 Å². The Morgan fingerprint density at radius 3 is 2.67 bits per heavy atom. The van der Waals surface area contributed by atoms with Gasteiger partial charge in [-0.25, -0.2) is 0 Å². The normalized spacial score (nSPS) is 14.7. The Hall–Kier alpha value is -0.740. The summed E-state index contributed by atoms with van der Waals surface area (Å²) >= 11 is 3.44. The molecule has 0 saturated carbocycles. The molecule has 84 valence electrons. The van der Waals surface area contributed by atoms with Gasteiger partial charge >= 0.3 is 0 Å². The van der Waals surface area contributed by atoms with Crippen molar-refractivity contribution < 1.29 is 5.11 Å². The van der Waals surface area contributed by atoms with Crippen LogP contribution in [0, 0.1) is 0 Å². The minimum absolute atomic E-state index is 0.227. The lowest BCUT2D eigenvalue weighted by atomic mass is 10.1. The van der Waals surface area contributed by atoms with Crippen LogP contribution in [0.15, 0.2) is 22.7 Å². The maximum absolute atomic E-state index is 9.24. The Morgan fingerprint density at radius 2 is 2.13 bits per heavy atom. The lowest BCUT2D eigenvalue weighted by Gasteiger charge is -2.17. The van der Waals surface area contributed by atoms with E-state index in [1.807, 2.05) is 25.1 Å². The molecule has 0 aliphatic heterocycles. The Labute approximate surface area is 98.8 Å². The van der Waals surface area contributed by atoms with E-state index in [9.17, 15) is 5.11 Å². The molecule has 0 aromatic heterocycles. The second-order valence-corrected chi connectivity index (χ2v) is 4.72. The fourth-order valence-corrected chi connectivity index (χ4v) is 2.00. The van der Waals surface area contributed by atoms with E-state index in [0.29, 0.717) is 0 Å². The van der Waals surface area contributed by atoms with Crippen molar-refractivity contribution in [3.05, 3.63) is 22.7 Å². The molecule has 0 fully saturated rings. The average molecular weight is 273 g/mol. The van der Waals surface area contributed by atoms with E-state index in [1.165, 1.54) is 0 Å². The first kappa shape index (κ1) is 12.3. The van der Waals surface area contributed by atoms with Crippen LogP contribution < -0.4 is 11.1 Å². The van der Waals surface area contributed by atoms with Gasteiger partial charge in [0.05, 0.1) is 6.10 Å². The molecule has 2 atom stereocenters. The Bertz CT molecular complexity index is 328. The number of aliphatic hydroxyl groups is 1. The number of aliphatic hydroxyl groups excluding tert-OH is 1. The molecule has 1 aromatic rings. The molecule has 4 N–H and O–H groups in total. The van der Waals surface area contributed by atoms with Gasteiger partial charge < -0.3 is 16.2 Å². The summed E-state index contributed by atoms with van der Waals surface area (Å²) < 4.78 is 0.944. The SMILES string of the molecule is CC(O)CC(C)Nc1ccc(N)cc1Br. The van der Waals surface area contributed by atoms with Crippen molar-refractivity contribution in [2.45, 2.75) is 32.4 Å². The lowest BCUT2D eigenvalue weighted by molar-refractivity contribution is 0.179. The third kappa shape index (κ3) is 4.10. The summed E-state index contributed by atoms with van der Waals surface area (Å²) in [5.41, 5.74) is 7.37. The number of halogens is 1. The molecule has 0 saturated heterocycles. The van der Waals surface area contributed by atoms with Crippen molar-refractivity contribution in [3.63, 3.8) is 0 Å². The fraction of sp³-hybridized carbons (Fsp3) is 0.455. The molecular formula is C11H17BrN2O. The van der Waals surface area contributed by atoms with Crippen LogP contribution in [0.1, 0.15) is 20.3 Å². The van der Waals surface area contributed by atoms with E-state index in [-0.39, 0.29) is 12.1 Å².